The van der Waals surface area contributed by atoms with Crippen LogP contribution in [0.1, 0.15) is 12.8 Å². The van der Waals surface area contributed by atoms with Crippen molar-refractivity contribution in [3.8, 4) is 5.75 Å². The first-order valence-corrected chi connectivity index (χ1v) is 8.35. The molecule has 1 aromatic carbocycles. The van der Waals surface area contributed by atoms with Gasteiger partial charge in [0.2, 0.25) is 10.0 Å². The van der Waals surface area contributed by atoms with Gasteiger partial charge in [-0.1, -0.05) is 11.6 Å². The van der Waals surface area contributed by atoms with Crippen molar-refractivity contribution in [3.63, 3.8) is 0 Å². The molecule has 0 aliphatic rings. The third-order valence-electron chi connectivity index (χ3n) is 2.58. The molecule has 7 nitrogen and oxygen atoms in total. The molecule has 22 heavy (non-hydrogen) atoms. The van der Waals surface area contributed by atoms with Gasteiger partial charge < -0.3 is 14.6 Å². The Bertz CT molecular complexity index is 605. The van der Waals surface area contributed by atoms with Crippen LogP contribution in [0.15, 0.2) is 23.1 Å². The highest BCUT2D eigenvalue weighted by molar-refractivity contribution is 7.89. The molecule has 1 rings (SSSR count). The van der Waals surface area contributed by atoms with Crippen LogP contribution in [-0.4, -0.2) is 46.4 Å². The Morgan fingerprint density at radius 1 is 1.36 bits per heavy atom. The molecular formula is C13H18ClNO6S. The molecule has 0 saturated carbocycles. The average Bonchev–Trinajstić information content (AvgIpc) is 2.44. The summed E-state index contributed by atoms with van der Waals surface area (Å²) in [5.41, 5.74) is 0. The van der Waals surface area contributed by atoms with Gasteiger partial charge in [0.15, 0.2) is 0 Å². The first-order valence-electron chi connectivity index (χ1n) is 6.49. The van der Waals surface area contributed by atoms with E-state index < -0.39 is 16.0 Å². The number of aliphatic carboxylic acids is 1. The molecule has 0 saturated heterocycles. The van der Waals surface area contributed by atoms with Gasteiger partial charge in [0.1, 0.15) is 10.6 Å². The molecule has 0 atom stereocenters. The van der Waals surface area contributed by atoms with Crippen molar-refractivity contribution in [2.24, 2.45) is 0 Å². The molecule has 124 valence electrons. The van der Waals surface area contributed by atoms with Crippen molar-refractivity contribution in [3.05, 3.63) is 23.2 Å². The highest BCUT2D eigenvalue weighted by Crippen LogP contribution is 2.27. The average molecular weight is 352 g/mol. The number of hydrogen-bond acceptors (Lipinski definition) is 5. The minimum Gasteiger partial charge on any atom is -0.492 e. The summed E-state index contributed by atoms with van der Waals surface area (Å²) in [7, 11) is -2.35. The third-order valence-corrected chi connectivity index (χ3v) is 4.29. The molecule has 0 heterocycles. The second-order valence-electron chi connectivity index (χ2n) is 4.33. The number of sulfonamides is 1. The minimum absolute atomic E-state index is 0.122. The van der Waals surface area contributed by atoms with Crippen molar-refractivity contribution in [2.45, 2.75) is 17.7 Å². The van der Waals surface area contributed by atoms with Crippen LogP contribution in [0.4, 0.5) is 0 Å². The zero-order valence-electron chi connectivity index (χ0n) is 12.0. The second-order valence-corrected chi connectivity index (χ2v) is 6.50. The summed E-state index contributed by atoms with van der Waals surface area (Å²) in [4.78, 5) is 10.3. The predicted molar refractivity (Wildman–Crippen MR) is 80.9 cm³/mol. The summed E-state index contributed by atoms with van der Waals surface area (Å²) >= 11 is 5.83. The van der Waals surface area contributed by atoms with Crippen molar-refractivity contribution < 1.29 is 27.8 Å². The van der Waals surface area contributed by atoms with Crippen molar-refractivity contribution >= 4 is 27.6 Å². The lowest BCUT2D eigenvalue weighted by atomic mass is 10.3. The van der Waals surface area contributed by atoms with E-state index in [2.05, 4.69) is 4.72 Å². The van der Waals surface area contributed by atoms with Crippen LogP contribution in [0, 0.1) is 0 Å². The van der Waals surface area contributed by atoms with Crippen LogP contribution < -0.4 is 9.46 Å². The fourth-order valence-electron chi connectivity index (χ4n) is 1.57. The number of nitrogens with one attached hydrogen (secondary N) is 1. The van der Waals surface area contributed by atoms with E-state index in [1.54, 1.807) is 7.11 Å². The Kier molecular flexibility index (Phi) is 7.60. The molecule has 0 aliphatic heterocycles. The number of rotatable bonds is 10. The summed E-state index contributed by atoms with van der Waals surface area (Å²) < 4.78 is 36.9. The fourth-order valence-corrected chi connectivity index (χ4v) is 3.00. The summed E-state index contributed by atoms with van der Waals surface area (Å²) in [5, 5.41) is 8.79. The Balaban J connectivity index is 2.85. The van der Waals surface area contributed by atoms with Crippen molar-refractivity contribution in [1.82, 2.24) is 4.72 Å². The first kappa shape index (κ1) is 18.7. The zero-order valence-corrected chi connectivity index (χ0v) is 13.6. The number of methoxy groups -OCH3 is 1. The molecule has 9 heteroatoms. The summed E-state index contributed by atoms with van der Waals surface area (Å²) in [5.74, 6) is -0.937. The topological polar surface area (TPSA) is 102 Å². The summed E-state index contributed by atoms with van der Waals surface area (Å²) in [6.07, 6.45) is 0.287. The quantitative estimate of drug-likeness (QED) is 0.619. The lowest BCUT2D eigenvalue weighted by molar-refractivity contribution is -0.136. The maximum absolute atomic E-state index is 12.2. The lowest BCUT2D eigenvalue weighted by Crippen LogP contribution is -2.26. The number of carbonyl (C=O) groups is 1. The number of ether oxygens (including phenoxy) is 2. The maximum atomic E-state index is 12.2. The number of hydrogen-bond donors (Lipinski definition) is 2. The van der Waals surface area contributed by atoms with Gasteiger partial charge in [-0.25, -0.2) is 13.1 Å². The molecular weight excluding hydrogens is 334 g/mol. The molecule has 0 bridgehead atoms. The fraction of sp³-hybridized carbons (Fsp3) is 0.462. The van der Waals surface area contributed by atoms with Crippen LogP contribution in [0.25, 0.3) is 0 Å². The maximum Gasteiger partial charge on any atom is 0.304 e. The molecule has 2 N–H and O–H groups in total. The molecule has 0 fully saturated rings. The molecule has 0 unspecified atom stereocenters. The smallest absolute Gasteiger partial charge is 0.304 e. The van der Waals surface area contributed by atoms with Gasteiger partial charge >= 0.3 is 5.97 Å². The van der Waals surface area contributed by atoms with Gasteiger partial charge in [-0.15, -0.1) is 0 Å². The predicted octanol–water partition coefficient (Wildman–Crippen LogP) is 1.51. The van der Waals surface area contributed by atoms with E-state index in [1.165, 1.54) is 18.2 Å². The Morgan fingerprint density at radius 3 is 2.73 bits per heavy atom. The Labute approximate surface area is 134 Å². The largest absolute Gasteiger partial charge is 0.492 e. The van der Waals surface area contributed by atoms with E-state index in [-0.39, 0.29) is 35.2 Å². The molecule has 1 aromatic rings. The van der Waals surface area contributed by atoms with E-state index in [4.69, 9.17) is 26.2 Å². The summed E-state index contributed by atoms with van der Waals surface area (Å²) in [6, 6.07) is 4.24. The van der Waals surface area contributed by atoms with Gasteiger partial charge in [0, 0.05) is 31.7 Å². The molecule has 0 aromatic heterocycles. The highest BCUT2D eigenvalue weighted by atomic mass is 35.5. The molecule has 0 amide bonds. The third kappa shape index (κ3) is 6.18. The van der Waals surface area contributed by atoms with Crippen LogP contribution in [0.5, 0.6) is 5.75 Å². The van der Waals surface area contributed by atoms with Crippen molar-refractivity contribution in [2.75, 3.05) is 26.9 Å². The van der Waals surface area contributed by atoms with Gasteiger partial charge in [0.05, 0.1) is 13.0 Å². The van der Waals surface area contributed by atoms with Crippen LogP contribution in [0.3, 0.4) is 0 Å². The van der Waals surface area contributed by atoms with E-state index in [0.29, 0.717) is 13.0 Å². The SMILES string of the molecule is COCCCOc1ccc(Cl)cc1S(=O)(=O)NCCC(=O)O. The Hall–Kier alpha value is -1.35. The van der Waals surface area contributed by atoms with E-state index in [9.17, 15) is 13.2 Å². The van der Waals surface area contributed by atoms with Gasteiger partial charge in [-0.05, 0) is 18.2 Å². The van der Waals surface area contributed by atoms with E-state index in [1.807, 2.05) is 0 Å². The molecule has 0 aliphatic carbocycles. The number of carboxylic acid groups (broad SMARTS) is 1. The monoisotopic (exact) mass is 351 g/mol. The van der Waals surface area contributed by atoms with Crippen LogP contribution >= 0.6 is 11.6 Å². The number of benzene rings is 1. The first-order chi connectivity index (χ1) is 10.4. The summed E-state index contributed by atoms with van der Waals surface area (Å²) in [6.45, 7) is 0.562. The zero-order chi connectivity index (χ0) is 16.6. The molecule has 0 radical (unpaired) electrons. The Morgan fingerprint density at radius 2 is 2.09 bits per heavy atom. The number of carboxylic acids is 1. The minimum atomic E-state index is -3.91. The van der Waals surface area contributed by atoms with Gasteiger partial charge in [0.25, 0.3) is 0 Å². The lowest BCUT2D eigenvalue weighted by Gasteiger charge is -2.13. The normalized spacial score (nSPS) is 11.4. The van der Waals surface area contributed by atoms with Crippen LogP contribution in [-0.2, 0) is 19.6 Å². The van der Waals surface area contributed by atoms with E-state index >= 15 is 0 Å². The van der Waals surface area contributed by atoms with Crippen LogP contribution in [0.2, 0.25) is 5.02 Å². The van der Waals surface area contributed by atoms with Crippen molar-refractivity contribution in [1.29, 1.82) is 0 Å². The molecule has 0 spiro atoms. The highest BCUT2D eigenvalue weighted by Gasteiger charge is 2.20. The second kappa shape index (κ2) is 8.94. The van der Waals surface area contributed by atoms with Gasteiger partial charge in [-0.3, -0.25) is 4.79 Å². The van der Waals surface area contributed by atoms with Gasteiger partial charge in [-0.2, -0.15) is 0 Å². The number of halogens is 1. The standard InChI is InChI=1S/C13H18ClNO6S/c1-20-7-2-8-21-11-4-3-10(14)9-12(11)22(18,19)15-6-5-13(16)17/h3-4,9,15H,2,5-8H2,1H3,(H,16,17). The van der Waals surface area contributed by atoms with E-state index in [0.717, 1.165) is 0 Å².